The molecule has 3 rings (SSSR count). The van der Waals surface area contributed by atoms with Crippen LogP contribution in [0.15, 0.2) is 30.5 Å². The Morgan fingerprint density at radius 2 is 2.12 bits per heavy atom. The maximum Gasteiger partial charge on any atom is 0.272 e. The second kappa shape index (κ2) is 7.72. The van der Waals surface area contributed by atoms with E-state index in [9.17, 15) is 4.79 Å². The van der Waals surface area contributed by atoms with Crippen LogP contribution in [0.1, 0.15) is 47.8 Å². The fraction of sp³-hybridized carbons (Fsp3) is 0.500. The van der Waals surface area contributed by atoms with Gasteiger partial charge in [0.2, 0.25) is 0 Å². The van der Waals surface area contributed by atoms with E-state index in [4.69, 9.17) is 0 Å². The predicted octanol–water partition coefficient (Wildman–Crippen LogP) is 3.63. The van der Waals surface area contributed by atoms with Crippen LogP contribution in [0.4, 0.5) is 5.69 Å². The van der Waals surface area contributed by atoms with Gasteiger partial charge in [0, 0.05) is 37.6 Å². The van der Waals surface area contributed by atoms with Crippen molar-refractivity contribution in [2.45, 2.75) is 52.6 Å². The molecule has 5 heteroatoms. The van der Waals surface area contributed by atoms with E-state index >= 15 is 0 Å². The molecule has 1 aliphatic rings. The van der Waals surface area contributed by atoms with Gasteiger partial charge in [-0.05, 0) is 62.4 Å². The number of hydrogen-bond donors (Lipinski definition) is 1. The first-order valence-electron chi connectivity index (χ1n) is 9.23. The molecular formula is C20H28N4O. The fourth-order valence-corrected chi connectivity index (χ4v) is 3.41. The van der Waals surface area contributed by atoms with Crippen molar-refractivity contribution in [3.63, 3.8) is 0 Å². The van der Waals surface area contributed by atoms with Crippen molar-refractivity contribution in [3.8, 4) is 0 Å². The average Bonchev–Trinajstić information content (AvgIpc) is 3.06. The molecule has 2 aromatic rings. The lowest BCUT2D eigenvalue weighted by Crippen LogP contribution is -2.45. The Kier molecular flexibility index (Phi) is 5.41. The van der Waals surface area contributed by atoms with E-state index in [0.717, 1.165) is 44.6 Å². The number of anilines is 1. The second-order valence-electron chi connectivity index (χ2n) is 6.97. The summed E-state index contributed by atoms with van der Waals surface area (Å²) in [5, 5.41) is 7.88. The zero-order valence-corrected chi connectivity index (χ0v) is 15.5. The van der Waals surface area contributed by atoms with Gasteiger partial charge >= 0.3 is 0 Å². The van der Waals surface area contributed by atoms with Crippen LogP contribution in [-0.4, -0.2) is 39.7 Å². The predicted molar refractivity (Wildman–Crippen MR) is 101 cm³/mol. The highest BCUT2D eigenvalue weighted by atomic mass is 16.2. The van der Waals surface area contributed by atoms with Crippen LogP contribution in [0.25, 0.3) is 0 Å². The maximum atomic E-state index is 12.9. The Hall–Kier alpha value is -2.30. The van der Waals surface area contributed by atoms with Gasteiger partial charge in [0.15, 0.2) is 0 Å². The molecule has 0 bridgehead atoms. The number of carbonyl (C=O) groups is 1. The lowest BCUT2D eigenvalue weighted by molar-refractivity contribution is 0.0702. The van der Waals surface area contributed by atoms with Crippen LogP contribution < -0.4 is 5.32 Å². The normalized spacial score (nSPS) is 17.6. The molecule has 1 atom stereocenters. The third-order valence-electron chi connectivity index (χ3n) is 4.96. The molecule has 2 heterocycles. The first-order valence-corrected chi connectivity index (χ1v) is 9.23. The van der Waals surface area contributed by atoms with Crippen molar-refractivity contribution in [1.82, 2.24) is 14.7 Å². The first kappa shape index (κ1) is 17.5. The van der Waals surface area contributed by atoms with Gasteiger partial charge in [0.25, 0.3) is 5.91 Å². The summed E-state index contributed by atoms with van der Waals surface area (Å²) < 4.78 is 1.82. The minimum atomic E-state index is 0.0949. The van der Waals surface area contributed by atoms with Gasteiger partial charge in [0.05, 0.1) is 0 Å². The molecule has 134 valence electrons. The van der Waals surface area contributed by atoms with Gasteiger partial charge in [-0.2, -0.15) is 5.10 Å². The summed E-state index contributed by atoms with van der Waals surface area (Å²) in [5.41, 5.74) is 4.43. The van der Waals surface area contributed by atoms with E-state index in [2.05, 4.69) is 49.4 Å². The third kappa shape index (κ3) is 4.03. The molecule has 1 amide bonds. The van der Waals surface area contributed by atoms with Crippen LogP contribution >= 0.6 is 0 Å². The minimum absolute atomic E-state index is 0.0949. The molecule has 25 heavy (non-hydrogen) atoms. The highest BCUT2D eigenvalue weighted by Gasteiger charge is 2.26. The third-order valence-corrected chi connectivity index (χ3v) is 4.96. The van der Waals surface area contributed by atoms with Crippen LogP contribution in [0.5, 0.6) is 0 Å². The topological polar surface area (TPSA) is 50.2 Å². The number of nitrogens with zero attached hydrogens (tertiary/aromatic N) is 3. The SMILES string of the molecule is CCCn1nccc1C(=O)N1CCCC(Nc2ccc(C)c(C)c2)C1. The van der Waals surface area contributed by atoms with E-state index in [-0.39, 0.29) is 5.91 Å². The van der Waals surface area contributed by atoms with Crippen molar-refractivity contribution < 1.29 is 4.79 Å². The van der Waals surface area contributed by atoms with Gasteiger partial charge in [-0.3, -0.25) is 9.48 Å². The zero-order valence-electron chi connectivity index (χ0n) is 15.5. The van der Waals surface area contributed by atoms with Crippen molar-refractivity contribution in [2.75, 3.05) is 18.4 Å². The Morgan fingerprint density at radius 3 is 2.88 bits per heavy atom. The molecule has 0 radical (unpaired) electrons. The van der Waals surface area contributed by atoms with Gasteiger partial charge in [-0.15, -0.1) is 0 Å². The molecule has 1 aromatic carbocycles. The second-order valence-corrected chi connectivity index (χ2v) is 6.97. The summed E-state index contributed by atoms with van der Waals surface area (Å²) in [6, 6.07) is 8.58. The molecule has 1 fully saturated rings. The summed E-state index contributed by atoms with van der Waals surface area (Å²) in [6.45, 7) is 8.70. The van der Waals surface area contributed by atoms with Gasteiger partial charge in [0.1, 0.15) is 5.69 Å². The molecule has 5 nitrogen and oxygen atoms in total. The first-order chi connectivity index (χ1) is 12.1. The number of nitrogens with one attached hydrogen (secondary N) is 1. The van der Waals surface area contributed by atoms with E-state index in [1.54, 1.807) is 6.20 Å². The number of likely N-dealkylation sites (tertiary alicyclic amines) is 1. The van der Waals surface area contributed by atoms with Gasteiger partial charge in [-0.1, -0.05) is 13.0 Å². The smallest absolute Gasteiger partial charge is 0.272 e. The maximum absolute atomic E-state index is 12.9. The highest BCUT2D eigenvalue weighted by molar-refractivity contribution is 5.92. The molecule has 1 unspecified atom stereocenters. The molecule has 1 N–H and O–H groups in total. The summed E-state index contributed by atoms with van der Waals surface area (Å²) in [7, 11) is 0. The number of piperidine rings is 1. The van der Waals surface area contributed by atoms with E-state index in [1.165, 1.54) is 11.1 Å². The van der Waals surface area contributed by atoms with Crippen LogP contribution in [0.3, 0.4) is 0 Å². The number of rotatable bonds is 5. The summed E-state index contributed by atoms with van der Waals surface area (Å²) in [5.74, 6) is 0.0949. The monoisotopic (exact) mass is 340 g/mol. The van der Waals surface area contributed by atoms with Crippen molar-refractivity contribution in [3.05, 3.63) is 47.3 Å². The Morgan fingerprint density at radius 1 is 1.28 bits per heavy atom. The quantitative estimate of drug-likeness (QED) is 0.904. The summed E-state index contributed by atoms with van der Waals surface area (Å²) >= 11 is 0. The summed E-state index contributed by atoms with van der Waals surface area (Å²) in [6.07, 6.45) is 4.80. The molecule has 0 aliphatic carbocycles. The number of aryl methyl sites for hydroxylation is 3. The van der Waals surface area contributed by atoms with E-state index in [0.29, 0.717) is 11.7 Å². The standard InChI is InChI=1S/C20H28N4O/c1-4-11-24-19(9-10-21-24)20(25)23-12-5-6-18(14-23)22-17-8-7-15(2)16(3)13-17/h7-10,13,18,22H,4-6,11-12,14H2,1-3H3. The minimum Gasteiger partial charge on any atom is -0.381 e. The Bertz CT molecular complexity index is 737. The highest BCUT2D eigenvalue weighted by Crippen LogP contribution is 2.20. The van der Waals surface area contributed by atoms with Crippen molar-refractivity contribution >= 4 is 11.6 Å². The lowest BCUT2D eigenvalue weighted by atomic mass is 10.0. The average molecular weight is 340 g/mol. The molecule has 0 saturated carbocycles. The number of benzene rings is 1. The van der Waals surface area contributed by atoms with Crippen molar-refractivity contribution in [2.24, 2.45) is 0 Å². The Balaban J connectivity index is 1.67. The number of carbonyl (C=O) groups excluding carboxylic acids is 1. The van der Waals surface area contributed by atoms with Crippen LogP contribution in [0, 0.1) is 13.8 Å². The van der Waals surface area contributed by atoms with Gasteiger partial charge < -0.3 is 10.2 Å². The molecule has 1 aliphatic heterocycles. The molecular weight excluding hydrogens is 312 g/mol. The van der Waals surface area contributed by atoms with E-state index in [1.807, 2.05) is 15.6 Å². The van der Waals surface area contributed by atoms with Gasteiger partial charge in [-0.25, -0.2) is 0 Å². The largest absolute Gasteiger partial charge is 0.381 e. The Labute approximate surface area is 150 Å². The summed E-state index contributed by atoms with van der Waals surface area (Å²) in [4.78, 5) is 14.9. The fourth-order valence-electron chi connectivity index (χ4n) is 3.41. The van der Waals surface area contributed by atoms with Crippen molar-refractivity contribution in [1.29, 1.82) is 0 Å². The molecule has 1 saturated heterocycles. The molecule has 0 spiro atoms. The molecule has 1 aromatic heterocycles. The van der Waals surface area contributed by atoms with Crippen LogP contribution in [-0.2, 0) is 6.54 Å². The lowest BCUT2D eigenvalue weighted by Gasteiger charge is -2.34. The van der Waals surface area contributed by atoms with Crippen LogP contribution in [0.2, 0.25) is 0 Å². The number of aromatic nitrogens is 2. The zero-order chi connectivity index (χ0) is 17.8. The van der Waals surface area contributed by atoms with E-state index < -0.39 is 0 Å². The number of hydrogen-bond acceptors (Lipinski definition) is 3. The number of amides is 1.